The largest absolute Gasteiger partial charge is 0.465 e. The number of fused-ring (bicyclic) bond motifs is 2. The third kappa shape index (κ3) is 2.12. The number of carbonyl (C=O) groups is 1. The van der Waals surface area contributed by atoms with E-state index >= 15 is 0 Å². The van der Waals surface area contributed by atoms with E-state index in [1.54, 1.807) is 24.4 Å². The molecule has 0 aliphatic carbocycles. The molecule has 0 fully saturated rings. The lowest BCUT2D eigenvalue weighted by Crippen LogP contribution is -2.01. The maximum Gasteiger partial charge on any atom is 0.341 e. The zero-order valence-electron chi connectivity index (χ0n) is 12.1. The van der Waals surface area contributed by atoms with Crippen molar-refractivity contribution < 1.29 is 19.0 Å². The van der Waals surface area contributed by atoms with Gasteiger partial charge in [0.15, 0.2) is 17.1 Å². The van der Waals surface area contributed by atoms with Crippen LogP contribution in [-0.4, -0.2) is 29.3 Å². The van der Waals surface area contributed by atoms with Crippen molar-refractivity contribution in [2.45, 2.75) is 4.90 Å². The van der Waals surface area contributed by atoms with Gasteiger partial charge >= 0.3 is 5.97 Å². The fourth-order valence-corrected chi connectivity index (χ4v) is 2.94. The number of esters is 1. The molecule has 0 unspecified atom stereocenters. The van der Waals surface area contributed by atoms with E-state index < -0.39 is 5.97 Å². The van der Waals surface area contributed by atoms with Gasteiger partial charge in [-0.1, -0.05) is 0 Å². The Hall–Kier alpha value is -2.67. The zero-order valence-corrected chi connectivity index (χ0v) is 13.0. The van der Waals surface area contributed by atoms with Gasteiger partial charge in [-0.05, 0) is 24.3 Å². The minimum Gasteiger partial charge on any atom is -0.465 e. The van der Waals surface area contributed by atoms with Crippen LogP contribution in [0, 0.1) is 0 Å². The van der Waals surface area contributed by atoms with Gasteiger partial charge in [0.25, 0.3) is 0 Å². The summed E-state index contributed by atoms with van der Waals surface area (Å²) >= 11 is 4.53. The SMILES string of the molecule is COC(=O)c1cc(-c2cc3c(cc2S)OCO3)n2cccnc12. The number of hydrogen-bond donors (Lipinski definition) is 1. The predicted octanol–water partition coefficient (Wildman–Crippen LogP) is 2.81. The average molecular weight is 328 g/mol. The minimum absolute atomic E-state index is 0.190. The molecule has 4 rings (SSSR count). The third-order valence-electron chi connectivity index (χ3n) is 3.70. The molecule has 0 saturated carbocycles. The summed E-state index contributed by atoms with van der Waals surface area (Å²) in [5, 5.41) is 0. The molecule has 3 heterocycles. The molecule has 0 amide bonds. The maximum absolute atomic E-state index is 12.0. The molecule has 0 radical (unpaired) electrons. The first-order valence-electron chi connectivity index (χ1n) is 6.86. The first kappa shape index (κ1) is 14.0. The van der Waals surface area contributed by atoms with Crippen molar-refractivity contribution in [2.75, 3.05) is 13.9 Å². The molecule has 0 bridgehead atoms. The number of benzene rings is 1. The normalized spacial score (nSPS) is 12.6. The number of ether oxygens (including phenoxy) is 3. The van der Waals surface area contributed by atoms with E-state index in [-0.39, 0.29) is 6.79 Å². The summed E-state index contributed by atoms with van der Waals surface area (Å²) in [4.78, 5) is 17.0. The van der Waals surface area contributed by atoms with Crippen molar-refractivity contribution >= 4 is 24.2 Å². The van der Waals surface area contributed by atoms with Crippen LogP contribution in [0.2, 0.25) is 0 Å². The fraction of sp³-hybridized carbons (Fsp3) is 0.125. The van der Waals surface area contributed by atoms with Crippen LogP contribution in [0.1, 0.15) is 10.4 Å². The summed E-state index contributed by atoms with van der Waals surface area (Å²) in [5.41, 5.74) is 2.51. The molecule has 6 nitrogen and oxygen atoms in total. The van der Waals surface area contributed by atoms with E-state index in [2.05, 4.69) is 17.6 Å². The molecule has 2 aromatic heterocycles. The highest BCUT2D eigenvalue weighted by atomic mass is 32.1. The highest BCUT2D eigenvalue weighted by Crippen LogP contribution is 2.41. The molecule has 1 aliphatic rings. The van der Waals surface area contributed by atoms with Crippen molar-refractivity contribution in [1.82, 2.24) is 9.38 Å². The quantitative estimate of drug-likeness (QED) is 0.579. The van der Waals surface area contributed by atoms with E-state index in [1.807, 2.05) is 16.7 Å². The molecule has 0 atom stereocenters. The van der Waals surface area contributed by atoms with Crippen LogP contribution in [0.5, 0.6) is 11.5 Å². The Morgan fingerprint density at radius 3 is 2.87 bits per heavy atom. The summed E-state index contributed by atoms with van der Waals surface area (Å²) in [6.07, 6.45) is 3.47. The maximum atomic E-state index is 12.0. The van der Waals surface area contributed by atoms with Gasteiger partial charge in [0.05, 0.1) is 12.8 Å². The second-order valence-electron chi connectivity index (χ2n) is 4.97. The van der Waals surface area contributed by atoms with Crippen molar-refractivity contribution in [3.8, 4) is 22.8 Å². The van der Waals surface area contributed by atoms with Gasteiger partial charge in [-0.25, -0.2) is 9.78 Å². The minimum atomic E-state index is -0.436. The monoisotopic (exact) mass is 328 g/mol. The van der Waals surface area contributed by atoms with Crippen LogP contribution >= 0.6 is 12.6 Å². The number of rotatable bonds is 2. The first-order chi connectivity index (χ1) is 11.2. The average Bonchev–Trinajstić information content (AvgIpc) is 3.17. The molecule has 0 N–H and O–H groups in total. The van der Waals surface area contributed by atoms with Gasteiger partial charge in [-0.3, -0.25) is 0 Å². The van der Waals surface area contributed by atoms with E-state index in [4.69, 9.17) is 14.2 Å². The lowest BCUT2D eigenvalue weighted by Gasteiger charge is -2.07. The molecule has 7 heteroatoms. The van der Waals surface area contributed by atoms with Crippen molar-refractivity contribution in [3.63, 3.8) is 0 Å². The molecule has 3 aromatic rings. The summed E-state index contributed by atoms with van der Waals surface area (Å²) in [6.45, 7) is 0.190. The lowest BCUT2D eigenvalue weighted by atomic mass is 10.1. The number of nitrogens with zero attached hydrogens (tertiary/aromatic N) is 2. The summed E-state index contributed by atoms with van der Waals surface area (Å²) in [7, 11) is 1.35. The Labute approximate surface area is 137 Å². The Morgan fingerprint density at radius 1 is 1.30 bits per heavy atom. The molecule has 1 aliphatic heterocycles. The highest BCUT2D eigenvalue weighted by molar-refractivity contribution is 7.80. The Balaban J connectivity index is 1.98. The molecule has 0 saturated heterocycles. The molecule has 0 spiro atoms. The number of hydrogen-bond acceptors (Lipinski definition) is 6. The van der Waals surface area contributed by atoms with Crippen molar-refractivity contribution in [1.29, 1.82) is 0 Å². The first-order valence-corrected chi connectivity index (χ1v) is 7.31. The zero-order chi connectivity index (χ0) is 16.0. The van der Waals surface area contributed by atoms with Crippen LogP contribution < -0.4 is 9.47 Å². The molecular weight excluding hydrogens is 316 g/mol. The standard InChI is InChI=1S/C16H12N2O4S/c1-20-16(19)10-5-11(18-4-2-3-17-15(10)18)9-6-12-13(7-14(9)23)22-8-21-12/h2-7,23H,8H2,1H3. The third-order valence-corrected chi connectivity index (χ3v) is 4.07. The number of carbonyl (C=O) groups excluding carboxylic acids is 1. The molecule has 23 heavy (non-hydrogen) atoms. The van der Waals surface area contributed by atoms with Gasteiger partial charge < -0.3 is 18.6 Å². The summed E-state index contributed by atoms with van der Waals surface area (Å²) in [5.74, 6) is 0.871. The second-order valence-corrected chi connectivity index (χ2v) is 5.45. The van der Waals surface area contributed by atoms with E-state index in [0.29, 0.717) is 27.6 Å². The fourth-order valence-electron chi connectivity index (χ4n) is 2.64. The number of methoxy groups -OCH3 is 1. The van der Waals surface area contributed by atoms with Crippen LogP contribution in [-0.2, 0) is 4.74 Å². The van der Waals surface area contributed by atoms with Crippen LogP contribution in [0.4, 0.5) is 0 Å². The van der Waals surface area contributed by atoms with E-state index in [9.17, 15) is 4.79 Å². The highest BCUT2D eigenvalue weighted by Gasteiger charge is 2.22. The molecular formula is C16H12N2O4S. The molecule has 116 valence electrons. The Kier molecular flexibility index (Phi) is 3.16. The number of thiol groups is 1. The number of aromatic nitrogens is 2. The summed E-state index contributed by atoms with van der Waals surface area (Å²) in [6, 6.07) is 7.18. The van der Waals surface area contributed by atoms with Crippen LogP contribution in [0.15, 0.2) is 41.6 Å². The topological polar surface area (TPSA) is 62.1 Å². The van der Waals surface area contributed by atoms with Crippen molar-refractivity contribution in [3.05, 3.63) is 42.2 Å². The van der Waals surface area contributed by atoms with E-state index in [0.717, 1.165) is 11.3 Å². The van der Waals surface area contributed by atoms with Gasteiger partial charge in [0.1, 0.15) is 5.56 Å². The smallest absolute Gasteiger partial charge is 0.341 e. The lowest BCUT2D eigenvalue weighted by molar-refractivity contribution is 0.0603. The Morgan fingerprint density at radius 2 is 2.09 bits per heavy atom. The van der Waals surface area contributed by atoms with E-state index in [1.165, 1.54) is 7.11 Å². The van der Waals surface area contributed by atoms with Gasteiger partial charge in [0, 0.05) is 22.9 Å². The van der Waals surface area contributed by atoms with Crippen molar-refractivity contribution in [2.24, 2.45) is 0 Å². The van der Waals surface area contributed by atoms with Gasteiger partial charge in [0.2, 0.25) is 6.79 Å². The second kappa shape index (κ2) is 5.20. The summed E-state index contributed by atoms with van der Waals surface area (Å²) < 4.78 is 17.4. The Bertz CT molecular complexity index is 935. The van der Waals surface area contributed by atoms with Crippen LogP contribution in [0.3, 0.4) is 0 Å². The van der Waals surface area contributed by atoms with Gasteiger partial charge in [-0.2, -0.15) is 0 Å². The van der Waals surface area contributed by atoms with Crippen LogP contribution in [0.25, 0.3) is 16.9 Å². The molecule has 1 aromatic carbocycles. The predicted molar refractivity (Wildman–Crippen MR) is 85.3 cm³/mol. The van der Waals surface area contributed by atoms with Gasteiger partial charge in [-0.15, -0.1) is 12.6 Å².